The van der Waals surface area contributed by atoms with E-state index in [0.717, 1.165) is 43.9 Å². The maximum atomic E-state index is 12.6. The molecule has 1 aromatic rings. The number of hydrogen-bond acceptors (Lipinski definition) is 7. The molecule has 0 radical (unpaired) electrons. The Morgan fingerprint density at radius 1 is 1.22 bits per heavy atom. The first-order chi connectivity index (χ1) is 15.5. The molecule has 7 nitrogen and oxygen atoms in total. The highest BCUT2D eigenvalue weighted by atomic mass is 16.5. The number of benzene rings is 1. The van der Waals surface area contributed by atoms with E-state index in [1.165, 1.54) is 11.1 Å². The van der Waals surface area contributed by atoms with Crippen molar-refractivity contribution < 1.29 is 23.7 Å². The van der Waals surface area contributed by atoms with Gasteiger partial charge in [0.2, 0.25) is 0 Å². The van der Waals surface area contributed by atoms with Crippen molar-refractivity contribution in [3.05, 3.63) is 23.3 Å². The third kappa shape index (κ3) is 5.05. The number of methoxy groups -OCH3 is 2. The zero-order valence-electron chi connectivity index (χ0n) is 19.9. The minimum Gasteiger partial charge on any atom is -0.493 e. The van der Waals surface area contributed by atoms with Gasteiger partial charge < -0.3 is 24.3 Å². The van der Waals surface area contributed by atoms with Crippen molar-refractivity contribution in [3.63, 3.8) is 0 Å². The number of hydrogen-bond donors (Lipinski definition) is 1. The first-order valence-electron chi connectivity index (χ1n) is 12.0. The first kappa shape index (κ1) is 23.3. The minimum absolute atomic E-state index is 0.189. The minimum atomic E-state index is -0.348. The number of nitrogens with zero attached hydrogens (tertiary/aromatic N) is 1. The molecule has 0 amide bonds. The second-order valence-electron chi connectivity index (χ2n) is 9.76. The molecule has 0 spiro atoms. The molecule has 0 aliphatic carbocycles. The van der Waals surface area contributed by atoms with E-state index < -0.39 is 0 Å². The number of rotatable bonds is 7. The zero-order chi connectivity index (χ0) is 22.7. The Labute approximate surface area is 191 Å². The number of ether oxygens (including phenoxy) is 4. The summed E-state index contributed by atoms with van der Waals surface area (Å²) < 4.78 is 22.4. The Bertz CT molecular complexity index is 793. The van der Waals surface area contributed by atoms with Crippen molar-refractivity contribution in [3.8, 4) is 11.5 Å². The number of carbonyl (C=O) groups excluding carboxylic acids is 1. The average Bonchev–Trinajstić information content (AvgIpc) is 2.81. The van der Waals surface area contributed by atoms with Gasteiger partial charge >= 0.3 is 5.97 Å². The lowest BCUT2D eigenvalue weighted by atomic mass is 9.74. The molecule has 3 heterocycles. The Morgan fingerprint density at radius 3 is 2.69 bits per heavy atom. The zero-order valence-corrected chi connectivity index (χ0v) is 19.9. The monoisotopic (exact) mass is 446 g/mol. The second kappa shape index (κ2) is 10.4. The van der Waals surface area contributed by atoms with Crippen LogP contribution in [0, 0.1) is 17.8 Å². The van der Waals surface area contributed by atoms with Crippen molar-refractivity contribution in [2.45, 2.75) is 45.2 Å². The van der Waals surface area contributed by atoms with E-state index >= 15 is 0 Å². The Balaban J connectivity index is 1.51. The number of morpholine rings is 1. The lowest BCUT2D eigenvalue weighted by Gasteiger charge is -2.47. The van der Waals surface area contributed by atoms with Gasteiger partial charge in [0.25, 0.3) is 0 Å². The molecule has 3 aliphatic heterocycles. The van der Waals surface area contributed by atoms with E-state index in [1.54, 1.807) is 14.2 Å². The van der Waals surface area contributed by atoms with Gasteiger partial charge in [-0.25, -0.2) is 0 Å². The molecule has 1 N–H and O–H groups in total. The maximum absolute atomic E-state index is 12.6. The summed E-state index contributed by atoms with van der Waals surface area (Å²) in [5.41, 5.74) is 2.67. The van der Waals surface area contributed by atoms with Crippen LogP contribution < -0.4 is 14.8 Å². The van der Waals surface area contributed by atoms with Gasteiger partial charge in [-0.15, -0.1) is 0 Å². The van der Waals surface area contributed by atoms with Crippen molar-refractivity contribution in [2.24, 2.45) is 17.8 Å². The largest absolute Gasteiger partial charge is 0.493 e. The molecule has 1 unspecified atom stereocenters. The summed E-state index contributed by atoms with van der Waals surface area (Å²) in [6.45, 7) is 8.86. The van der Waals surface area contributed by atoms with Crippen LogP contribution in [0.4, 0.5) is 0 Å². The summed E-state index contributed by atoms with van der Waals surface area (Å²) in [5.74, 6) is 2.86. The van der Waals surface area contributed by atoms with Crippen LogP contribution in [0.1, 0.15) is 43.9 Å². The lowest BCUT2D eigenvalue weighted by molar-refractivity contribution is -0.152. The Morgan fingerprint density at radius 2 is 2.00 bits per heavy atom. The van der Waals surface area contributed by atoms with E-state index in [0.29, 0.717) is 50.2 Å². The fourth-order valence-corrected chi connectivity index (χ4v) is 5.59. The molecule has 32 heavy (non-hydrogen) atoms. The van der Waals surface area contributed by atoms with E-state index in [4.69, 9.17) is 18.9 Å². The number of nitrogens with one attached hydrogen (secondary N) is 1. The van der Waals surface area contributed by atoms with E-state index in [2.05, 4.69) is 36.2 Å². The van der Waals surface area contributed by atoms with Gasteiger partial charge in [-0.3, -0.25) is 9.69 Å². The molecular formula is C25H38N2O5. The SMILES string of the molecule is COc1cc2c(cc1OC)[C@H]1C[C@@H](COC(=O)C3COCCN3)[C@H](CC(C)C)CN1CC2. The summed E-state index contributed by atoms with van der Waals surface area (Å²) in [6.07, 6.45) is 3.16. The fourth-order valence-electron chi connectivity index (χ4n) is 5.59. The molecule has 2 fully saturated rings. The third-order valence-electron chi connectivity index (χ3n) is 7.20. The molecular weight excluding hydrogens is 408 g/mol. The van der Waals surface area contributed by atoms with E-state index in [-0.39, 0.29) is 12.0 Å². The molecule has 4 atom stereocenters. The third-order valence-corrected chi connectivity index (χ3v) is 7.20. The fraction of sp³-hybridized carbons (Fsp3) is 0.720. The molecule has 2 saturated heterocycles. The summed E-state index contributed by atoms with van der Waals surface area (Å²) >= 11 is 0. The predicted molar refractivity (Wildman–Crippen MR) is 122 cm³/mol. The van der Waals surface area contributed by atoms with Crippen LogP contribution in [0.3, 0.4) is 0 Å². The van der Waals surface area contributed by atoms with Crippen molar-refractivity contribution in [1.29, 1.82) is 0 Å². The Kier molecular flexibility index (Phi) is 7.59. The van der Waals surface area contributed by atoms with Crippen LogP contribution in [0.5, 0.6) is 11.5 Å². The molecule has 178 valence electrons. The lowest BCUT2D eigenvalue weighted by Crippen LogP contribution is -2.49. The molecule has 0 bridgehead atoms. The van der Waals surface area contributed by atoms with E-state index in [9.17, 15) is 4.79 Å². The predicted octanol–water partition coefficient (Wildman–Crippen LogP) is 2.82. The summed E-state index contributed by atoms with van der Waals surface area (Å²) in [4.78, 5) is 15.2. The number of piperidine rings is 1. The van der Waals surface area contributed by atoms with Gasteiger partial charge in [-0.05, 0) is 60.3 Å². The topological polar surface area (TPSA) is 69.3 Å². The van der Waals surface area contributed by atoms with Crippen LogP contribution in [0.15, 0.2) is 12.1 Å². The normalized spacial score (nSPS) is 28.0. The van der Waals surface area contributed by atoms with Crippen LogP contribution in [0.25, 0.3) is 0 Å². The molecule has 7 heteroatoms. The van der Waals surface area contributed by atoms with Gasteiger partial charge in [0.1, 0.15) is 6.04 Å². The number of fused-ring (bicyclic) bond motifs is 3. The smallest absolute Gasteiger partial charge is 0.325 e. The highest BCUT2D eigenvalue weighted by Crippen LogP contribution is 2.45. The van der Waals surface area contributed by atoms with Gasteiger partial charge in [-0.1, -0.05) is 13.8 Å². The molecule has 1 aromatic carbocycles. The molecule has 0 aromatic heterocycles. The average molecular weight is 447 g/mol. The number of carbonyl (C=O) groups is 1. The second-order valence-corrected chi connectivity index (χ2v) is 9.76. The molecule has 0 saturated carbocycles. The first-order valence-corrected chi connectivity index (χ1v) is 12.0. The van der Waals surface area contributed by atoms with Gasteiger partial charge in [0, 0.05) is 25.7 Å². The van der Waals surface area contributed by atoms with Crippen molar-refractivity contribution >= 4 is 5.97 Å². The van der Waals surface area contributed by atoms with Gasteiger partial charge in [0.15, 0.2) is 11.5 Å². The van der Waals surface area contributed by atoms with Crippen LogP contribution in [-0.2, 0) is 20.7 Å². The summed E-state index contributed by atoms with van der Waals surface area (Å²) in [6, 6.07) is 4.26. The highest BCUT2D eigenvalue weighted by Gasteiger charge is 2.40. The van der Waals surface area contributed by atoms with Crippen LogP contribution >= 0.6 is 0 Å². The maximum Gasteiger partial charge on any atom is 0.325 e. The van der Waals surface area contributed by atoms with Crippen LogP contribution in [0.2, 0.25) is 0 Å². The standard InChI is InChI=1S/C25H38N2O5/c1-16(2)9-18-13-27-7-5-17-11-23(29-3)24(30-4)12-20(17)22(27)10-19(18)14-32-25(28)21-15-31-8-6-26-21/h11-12,16,18-19,21-22,26H,5-10,13-15H2,1-4H3/t18-,19+,21?,22-/m1/s1. The highest BCUT2D eigenvalue weighted by molar-refractivity contribution is 5.76. The number of esters is 1. The summed E-state index contributed by atoms with van der Waals surface area (Å²) in [5, 5.41) is 3.20. The van der Waals surface area contributed by atoms with Crippen molar-refractivity contribution in [2.75, 3.05) is 53.7 Å². The Hall–Kier alpha value is -1.83. The van der Waals surface area contributed by atoms with Gasteiger partial charge in [0.05, 0.1) is 34.0 Å². The molecule has 4 rings (SSSR count). The quantitative estimate of drug-likeness (QED) is 0.646. The molecule has 3 aliphatic rings. The summed E-state index contributed by atoms with van der Waals surface area (Å²) in [7, 11) is 3.38. The van der Waals surface area contributed by atoms with Crippen LogP contribution in [-0.4, -0.2) is 70.6 Å². The van der Waals surface area contributed by atoms with Crippen molar-refractivity contribution in [1.82, 2.24) is 10.2 Å². The van der Waals surface area contributed by atoms with Gasteiger partial charge in [-0.2, -0.15) is 0 Å². The van der Waals surface area contributed by atoms with E-state index in [1.807, 2.05) is 0 Å².